The highest BCUT2D eigenvalue weighted by Gasteiger charge is 2.07. The molecule has 98 valence electrons. The molecule has 0 saturated carbocycles. The number of aromatic nitrogens is 5. The zero-order valence-corrected chi connectivity index (χ0v) is 10.9. The lowest BCUT2D eigenvalue weighted by Crippen LogP contribution is -1.94. The Labute approximate surface area is 118 Å². The first-order valence-corrected chi connectivity index (χ1v) is 6.38. The van der Waals surface area contributed by atoms with E-state index in [0.29, 0.717) is 5.15 Å². The molecule has 0 aliphatic heterocycles. The molecule has 0 saturated heterocycles. The number of nitrogens with zero attached hydrogens (tertiary/aromatic N) is 3. The van der Waals surface area contributed by atoms with Crippen molar-refractivity contribution in [1.82, 2.24) is 25.1 Å². The monoisotopic (exact) mass is 284 g/mol. The summed E-state index contributed by atoms with van der Waals surface area (Å²) in [5, 5.41) is 12.4. The van der Waals surface area contributed by atoms with Crippen LogP contribution in [0.25, 0.3) is 21.9 Å². The van der Waals surface area contributed by atoms with Crippen LogP contribution in [0.2, 0.25) is 5.15 Å². The van der Waals surface area contributed by atoms with Gasteiger partial charge in [-0.1, -0.05) is 11.6 Å². The molecule has 0 atom stereocenters. The van der Waals surface area contributed by atoms with Gasteiger partial charge in [0, 0.05) is 17.3 Å². The van der Waals surface area contributed by atoms with E-state index in [4.69, 9.17) is 11.6 Å². The van der Waals surface area contributed by atoms with E-state index in [-0.39, 0.29) is 0 Å². The predicted octanol–water partition coefficient (Wildman–Crippen LogP) is 3.23. The molecule has 0 aliphatic carbocycles. The van der Waals surface area contributed by atoms with Crippen LogP contribution in [0.4, 0.5) is 11.5 Å². The van der Waals surface area contributed by atoms with Crippen molar-refractivity contribution in [2.45, 2.75) is 0 Å². The maximum absolute atomic E-state index is 6.05. The van der Waals surface area contributed by atoms with E-state index < -0.39 is 0 Å². The van der Waals surface area contributed by atoms with E-state index in [1.54, 1.807) is 0 Å². The molecule has 0 bridgehead atoms. The summed E-state index contributed by atoms with van der Waals surface area (Å²) in [4.78, 5) is 11.5. The van der Waals surface area contributed by atoms with Gasteiger partial charge in [0.25, 0.3) is 0 Å². The van der Waals surface area contributed by atoms with Crippen molar-refractivity contribution < 1.29 is 0 Å². The molecule has 4 aromatic rings. The standard InChI is InChI=1S/C13H9ClN6/c14-11-9-5-7(1-2-10(9)19-20-11)18-13-8-3-4-15-12(8)16-6-17-13/h1-6H,(H,19,20)(H2,15,16,17,18). The summed E-state index contributed by atoms with van der Waals surface area (Å²) < 4.78 is 0. The quantitative estimate of drug-likeness (QED) is 0.528. The minimum Gasteiger partial charge on any atom is -0.346 e. The highest BCUT2D eigenvalue weighted by molar-refractivity contribution is 6.34. The molecule has 0 fully saturated rings. The van der Waals surface area contributed by atoms with Crippen LogP contribution in [0.5, 0.6) is 0 Å². The van der Waals surface area contributed by atoms with Crippen molar-refractivity contribution in [3.05, 3.63) is 41.9 Å². The summed E-state index contributed by atoms with van der Waals surface area (Å²) in [6, 6.07) is 7.69. The van der Waals surface area contributed by atoms with E-state index in [2.05, 4.69) is 30.5 Å². The fraction of sp³-hybridized carbons (Fsp3) is 0. The Kier molecular flexibility index (Phi) is 2.37. The largest absolute Gasteiger partial charge is 0.346 e. The fourth-order valence-corrected chi connectivity index (χ4v) is 2.36. The lowest BCUT2D eigenvalue weighted by atomic mass is 10.2. The lowest BCUT2D eigenvalue weighted by molar-refractivity contribution is 1.12. The molecule has 0 amide bonds. The maximum Gasteiger partial charge on any atom is 0.143 e. The second-order valence-corrected chi connectivity index (χ2v) is 4.73. The first-order valence-electron chi connectivity index (χ1n) is 6.00. The molecule has 3 heterocycles. The fourth-order valence-electron chi connectivity index (χ4n) is 2.17. The highest BCUT2D eigenvalue weighted by Crippen LogP contribution is 2.27. The zero-order chi connectivity index (χ0) is 13.5. The Hall–Kier alpha value is -2.60. The summed E-state index contributed by atoms with van der Waals surface area (Å²) in [6.45, 7) is 0. The normalized spacial score (nSPS) is 11.2. The van der Waals surface area contributed by atoms with Crippen molar-refractivity contribution in [3.8, 4) is 0 Å². The molecule has 1 aromatic carbocycles. The molecular formula is C13H9ClN6. The van der Waals surface area contributed by atoms with Gasteiger partial charge >= 0.3 is 0 Å². The Morgan fingerprint density at radius 3 is 3.00 bits per heavy atom. The predicted molar refractivity (Wildman–Crippen MR) is 78.3 cm³/mol. The maximum atomic E-state index is 6.05. The summed E-state index contributed by atoms with van der Waals surface area (Å²) in [6.07, 6.45) is 3.35. The molecule has 3 aromatic heterocycles. The van der Waals surface area contributed by atoms with Crippen LogP contribution in [0.1, 0.15) is 0 Å². The Morgan fingerprint density at radius 1 is 1.10 bits per heavy atom. The zero-order valence-electron chi connectivity index (χ0n) is 10.2. The molecule has 3 N–H and O–H groups in total. The molecule has 0 unspecified atom stereocenters. The second kappa shape index (κ2) is 4.21. The SMILES string of the molecule is Clc1[nH]nc2ccc(Nc3ncnc4[nH]ccc34)cc12. The van der Waals surface area contributed by atoms with Gasteiger partial charge in [0.15, 0.2) is 0 Å². The van der Waals surface area contributed by atoms with Crippen molar-refractivity contribution >= 4 is 45.0 Å². The first kappa shape index (κ1) is 11.2. The number of H-pyrrole nitrogens is 2. The third-order valence-corrected chi connectivity index (χ3v) is 3.41. The van der Waals surface area contributed by atoms with E-state index in [1.165, 1.54) is 6.33 Å². The summed E-state index contributed by atoms with van der Waals surface area (Å²) in [5.74, 6) is 0.746. The molecule has 0 spiro atoms. The van der Waals surface area contributed by atoms with Crippen molar-refractivity contribution in [2.75, 3.05) is 5.32 Å². The number of hydrogen-bond acceptors (Lipinski definition) is 4. The van der Waals surface area contributed by atoms with Crippen molar-refractivity contribution in [1.29, 1.82) is 0 Å². The van der Waals surface area contributed by atoms with Crippen molar-refractivity contribution in [2.24, 2.45) is 0 Å². The van der Waals surface area contributed by atoms with Crippen molar-refractivity contribution in [3.63, 3.8) is 0 Å². The van der Waals surface area contributed by atoms with Gasteiger partial charge < -0.3 is 10.3 Å². The summed E-state index contributed by atoms with van der Waals surface area (Å²) in [5.41, 5.74) is 2.52. The van der Waals surface area contributed by atoms with Gasteiger partial charge in [0.05, 0.1) is 10.9 Å². The van der Waals surface area contributed by atoms with Gasteiger partial charge in [0.1, 0.15) is 22.9 Å². The Bertz CT molecular complexity index is 909. The minimum atomic E-state index is 0.526. The number of fused-ring (bicyclic) bond motifs is 2. The minimum absolute atomic E-state index is 0.526. The van der Waals surface area contributed by atoms with E-state index in [1.807, 2.05) is 30.5 Å². The summed E-state index contributed by atoms with van der Waals surface area (Å²) >= 11 is 6.05. The van der Waals surface area contributed by atoms with Crippen LogP contribution in [0, 0.1) is 0 Å². The van der Waals surface area contributed by atoms with Crippen LogP contribution < -0.4 is 5.32 Å². The van der Waals surface area contributed by atoms with E-state index in [0.717, 1.165) is 33.4 Å². The summed E-state index contributed by atoms with van der Waals surface area (Å²) in [7, 11) is 0. The number of rotatable bonds is 2. The number of nitrogens with one attached hydrogen (secondary N) is 3. The number of benzene rings is 1. The van der Waals surface area contributed by atoms with Crippen LogP contribution in [0.15, 0.2) is 36.8 Å². The number of anilines is 2. The number of halogens is 1. The third kappa shape index (κ3) is 1.70. The van der Waals surface area contributed by atoms with Crippen LogP contribution in [-0.2, 0) is 0 Å². The Balaban J connectivity index is 1.80. The smallest absolute Gasteiger partial charge is 0.143 e. The second-order valence-electron chi connectivity index (χ2n) is 4.36. The Morgan fingerprint density at radius 2 is 2.05 bits per heavy atom. The number of aromatic amines is 2. The molecular weight excluding hydrogens is 276 g/mol. The number of hydrogen-bond donors (Lipinski definition) is 3. The van der Waals surface area contributed by atoms with Crippen LogP contribution >= 0.6 is 11.6 Å². The van der Waals surface area contributed by atoms with Gasteiger partial charge in [-0.05, 0) is 24.3 Å². The van der Waals surface area contributed by atoms with Crippen LogP contribution in [-0.4, -0.2) is 25.1 Å². The molecule has 6 nitrogen and oxygen atoms in total. The molecule has 7 heteroatoms. The highest BCUT2D eigenvalue weighted by atomic mass is 35.5. The topological polar surface area (TPSA) is 82.3 Å². The van der Waals surface area contributed by atoms with E-state index >= 15 is 0 Å². The van der Waals surface area contributed by atoms with Crippen LogP contribution in [0.3, 0.4) is 0 Å². The van der Waals surface area contributed by atoms with Gasteiger partial charge in [-0.15, -0.1) is 0 Å². The lowest BCUT2D eigenvalue weighted by Gasteiger charge is -2.06. The van der Waals surface area contributed by atoms with E-state index in [9.17, 15) is 0 Å². The molecule has 4 rings (SSSR count). The van der Waals surface area contributed by atoms with Gasteiger partial charge in [-0.3, -0.25) is 5.10 Å². The van der Waals surface area contributed by atoms with Gasteiger partial charge in [-0.25, -0.2) is 9.97 Å². The molecule has 0 aliphatic rings. The average molecular weight is 285 g/mol. The molecule has 20 heavy (non-hydrogen) atoms. The van der Waals surface area contributed by atoms with Gasteiger partial charge in [0.2, 0.25) is 0 Å². The molecule has 0 radical (unpaired) electrons. The first-order chi connectivity index (χ1) is 9.81. The average Bonchev–Trinajstić information content (AvgIpc) is 3.07. The third-order valence-electron chi connectivity index (χ3n) is 3.12. The van der Waals surface area contributed by atoms with Gasteiger partial charge in [-0.2, -0.15) is 5.10 Å².